The zero-order chi connectivity index (χ0) is 21.5. The average Bonchev–Trinajstić information content (AvgIpc) is 2.97. The Morgan fingerprint density at radius 1 is 1.13 bits per heavy atom. The molecule has 30 heavy (non-hydrogen) atoms. The third kappa shape index (κ3) is 4.02. The predicted octanol–water partition coefficient (Wildman–Crippen LogP) is 2.58. The molecule has 0 radical (unpaired) electrons. The first-order chi connectivity index (χ1) is 14.3. The number of ether oxygens (including phenoxy) is 1. The summed E-state index contributed by atoms with van der Waals surface area (Å²) in [4.78, 5) is 14.5. The van der Waals surface area contributed by atoms with Gasteiger partial charge in [0.1, 0.15) is 18.2 Å². The first kappa shape index (κ1) is 21.0. The van der Waals surface area contributed by atoms with Crippen LogP contribution < -0.4 is 9.64 Å². The fourth-order valence-electron chi connectivity index (χ4n) is 3.60. The van der Waals surface area contributed by atoms with Crippen LogP contribution in [0.5, 0.6) is 5.75 Å². The predicted molar refractivity (Wildman–Crippen MR) is 111 cm³/mol. The highest BCUT2D eigenvalue weighted by atomic mass is 35.5. The van der Waals surface area contributed by atoms with Gasteiger partial charge in [0.05, 0.1) is 18.8 Å². The lowest BCUT2D eigenvalue weighted by Crippen LogP contribution is -2.45. The van der Waals surface area contributed by atoms with Crippen molar-refractivity contribution in [3.63, 3.8) is 0 Å². The number of hydrogen-bond acceptors (Lipinski definition) is 4. The van der Waals surface area contributed by atoms with Gasteiger partial charge in [-0.2, -0.15) is 17.0 Å². The van der Waals surface area contributed by atoms with Crippen molar-refractivity contribution in [3.05, 3.63) is 58.4 Å². The molecule has 2 aliphatic rings. The Balaban J connectivity index is 1.48. The van der Waals surface area contributed by atoms with Gasteiger partial charge in [0.25, 0.3) is 10.2 Å². The minimum absolute atomic E-state index is 0.0196. The molecule has 0 atom stereocenters. The van der Waals surface area contributed by atoms with Crippen LogP contribution in [0, 0.1) is 12.7 Å². The van der Waals surface area contributed by atoms with E-state index in [1.807, 2.05) is 25.1 Å². The Kier molecular flexibility index (Phi) is 5.71. The molecule has 0 bridgehead atoms. The van der Waals surface area contributed by atoms with Crippen LogP contribution in [0.3, 0.4) is 0 Å². The molecule has 0 spiro atoms. The van der Waals surface area contributed by atoms with E-state index in [-0.39, 0.29) is 37.1 Å². The van der Waals surface area contributed by atoms with Gasteiger partial charge in [-0.15, -0.1) is 0 Å². The molecule has 1 amide bonds. The number of nitrogens with zero attached hydrogens (tertiary/aromatic N) is 3. The molecule has 10 heteroatoms. The Labute approximate surface area is 179 Å². The highest BCUT2D eigenvalue weighted by molar-refractivity contribution is 7.87. The highest BCUT2D eigenvalue weighted by Gasteiger charge is 2.39. The largest absolute Gasteiger partial charge is 0.490 e. The monoisotopic (exact) mass is 453 g/mol. The maximum Gasteiger partial charge on any atom is 0.282 e. The molecule has 1 saturated heterocycles. The SMILES string of the molecule is Cc1ccc2c(c1)N(C(=O)CN1CCN(Cc3ccc(F)cc3Cl)S1(=O)=O)CCO2. The highest BCUT2D eigenvalue weighted by Crippen LogP contribution is 2.33. The van der Waals surface area contributed by atoms with Gasteiger partial charge in [-0.25, -0.2) is 4.39 Å². The molecular weight excluding hydrogens is 433 g/mol. The number of anilines is 1. The van der Waals surface area contributed by atoms with Crippen molar-refractivity contribution in [3.8, 4) is 5.75 Å². The van der Waals surface area contributed by atoms with E-state index in [0.717, 1.165) is 15.9 Å². The summed E-state index contributed by atoms with van der Waals surface area (Å²) in [7, 11) is -3.84. The Morgan fingerprint density at radius 3 is 2.67 bits per heavy atom. The number of fused-ring (bicyclic) bond motifs is 1. The molecule has 0 aliphatic carbocycles. The fraction of sp³-hybridized carbons (Fsp3) is 0.350. The lowest BCUT2D eigenvalue weighted by molar-refractivity contribution is -0.119. The summed E-state index contributed by atoms with van der Waals surface area (Å²) in [5, 5.41) is 0.167. The molecule has 2 aliphatic heterocycles. The summed E-state index contributed by atoms with van der Waals surface area (Å²) in [6, 6.07) is 9.42. The van der Waals surface area contributed by atoms with Crippen LogP contribution in [-0.2, 0) is 21.5 Å². The Bertz CT molecular complexity index is 1100. The number of amides is 1. The number of rotatable bonds is 4. The van der Waals surface area contributed by atoms with E-state index in [1.165, 1.54) is 16.4 Å². The normalized spacial score (nSPS) is 18.8. The standard InChI is InChI=1S/C20H21ClFN3O4S/c1-14-2-5-19-18(10-14)25(8-9-29-19)20(26)13-24-7-6-23(30(24,27)28)12-15-3-4-16(22)11-17(15)21/h2-5,10-11H,6-9,12-13H2,1H3. The van der Waals surface area contributed by atoms with Gasteiger partial charge < -0.3 is 9.64 Å². The minimum atomic E-state index is -3.84. The van der Waals surface area contributed by atoms with E-state index in [4.69, 9.17) is 16.3 Å². The number of carbonyl (C=O) groups excluding carboxylic acids is 1. The summed E-state index contributed by atoms with van der Waals surface area (Å²) in [5.41, 5.74) is 2.14. The molecule has 0 unspecified atom stereocenters. The van der Waals surface area contributed by atoms with Gasteiger partial charge in [0.15, 0.2) is 0 Å². The van der Waals surface area contributed by atoms with Crippen molar-refractivity contribution in [2.45, 2.75) is 13.5 Å². The first-order valence-corrected chi connectivity index (χ1v) is 11.3. The molecule has 4 rings (SSSR count). The van der Waals surface area contributed by atoms with E-state index in [9.17, 15) is 17.6 Å². The second kappa shape index (κ2) is 8.14. The lowest BCUT2D eigenvalue weighted by atomic mass is 10.1. The van der Waals surface area contributed by atoms with Crippen molar-refractivity contribution < 1.29 is 22.3 Å². The minimum Gasteiger partial charge on any atom is -0.490 e. The second-order valence-corrected chi connectivity index (χ2v) is 9.61. The molecule has 0 aromatic heterocycles. The van der Waals surface area contributed by atoms with E-state index in [0.29, 0.717) is 30.2 Å². The molecule has 7 nitrogen and oxygen atoms in total. The number of benzene rings is 2. The number of carbonyl (C=O) groups is 1. The third-order valence-electron chi connectivity index (χ3n) is 5.20. The number of aryl methyl sites for hydroxylation is 1. The van der Waals surface area contributed by atoms with Crippen molar-refractivity contribution in [2.24, 2.45) is 0 Å². The van der Waals surface area contributed by atoms with Crippen molar-refractivity contribution in [1.82, 2.24) is 8.61 Å². The maximum absolute atomic E-state index is 13.3. The quantitative estimate of drug-likeness (QED) is 0.713. The van der Waals surface area contributed by atoms with Crippen molar-refractivity contribution in [1.29, 1.82) is 0 Å². The van der Waals surface area contributed by atoms with Crippen LogP contribution in [0.4, 0.5) is 10.1 Å². The van der Waals surface area contributed by atoms with Gasteiger partial charge in [0, 0.05) is 24.7 Å². The van der Waals surface area contributed by atoms with Crippen LogP contribution in [0.25, 0.3) is 0 Å². The third-order valence-corrected chi connectivity index (χ3v) is 7.48. The number of halogens is 2. The average molecular weight is 454 g/mol. The zero-order valence-corrected chi connectivity index (χ0v) is 17.9. The summed E-state index contributed by atoms with van der Waals surface area (Å²) >= 11 is 6.04. The van der Waals surface area contributed by atoms with Crippen LogP contribution in [0.15, 0.2) is 36.4 Å². The van der Waals surface area contributed by atoms with Crippen LogP contribution in [0.1, 0.15) is 11.1 Å². The summed E-state index contributed by atoms with van der Waals surface area (Å²) in [5.74, 6) is -0.186. The van der Waals surface area contributed by atoms with Gasteiger partial charge in [-0.1, -0.05) is 23.7 Å². The second-order valence-electron chi connectivity index (χ2n) is 7.28. The fourth-order valence-corrected chi connectivity index (χ4v) is 5.36. The van der Waals surface area contributed by atoms with Gasteiger partial charge in [-0.05, 0) is 42.3 Å². The van der Waals surface area contributed by atoms with E-state index in [2.05, 4.69) is 0 Å². The van der Waals surface area contributed by atoms with Gasteiger partial charge in [0.2, 0.25) is 5.91 Å². The van der Waals surface area contributed by atoms with Gasteiger partial charge in [-0.3, -0.25) is 4.79 Å². The molecule has 2 heterocycles. The summed E-state index contributed by atoms with van der Waals surface area (Å²) in [6.07, 6.45) is 0. The summed E-state index contributed by atoms with van der Waals surface area (Å²) < 4.78 is 47.1. The van der Waals surface area contributed by atoms with Gasteiger partial charge >= 0.3 is 0 Å². The van der Waals surface area contributed by atoms with Crippen LogP contribution >= 0.6 is 11.6 Å². The topological polar surface area (TPSA) is 70.2 Å². The molecule has 160 valence electrons. The van der Waals surface area contributed by atoms with Crippen molar-refractivity contribution >= 4 is 33.4 Å². The molecule has 2 aromatic carbocycles. The molecular formula is C20H21ClFN3O4S. The molecule has 0 N–H and O–H groups in total. The Morgan fingerprint density at radius 2 is 1.90 bits per heavy atom. The molecule has 0 saturated carbocycles. The molecule has 1 fully saturated rings. The van der Waals surface area contributed by atoms with E-state index >= 15 is 0 Å². The zero-order valence-electron chi connectivity index (χ0n) is 16.3. The summed E-state index contributed by atoms with van der Waals surface area (Å²) in [6.45, 7) is 2.80. The number of hydrogen-bond donors (Lipinski definition) is 0. The van der Waals surface area contributed by atoms with Crippen LogP contribution in [0.2, 0.25) is 5.02 Å². The Hall–Kier alpha value is -2.20. The first-order valence-electron chi connectivity index (χ1n) is 9.48. The van der Waals surface area contributed by atoms with Crippen LogP contribution in [-0.4, -0.2) is 55.7 Å². The van der Waals surface area contributed by atoms with E-state index < -0.39 is 16.0 Å². The smallest absolute Gasteiger partial charge is 0.282 e. The van der Waals surface area contributed by atoms with Crippen molar-refractivity contribution in [2.75, 3.05) is 37.7 Å². The van der Waals surface area contributed by atoms with E-state index in [1.54, 1.807) is 4.90 Å². The lowest BCUT2D eigenvalue weighted by Gasteiger charge is -2.31. The maximum atomic E-state index is 13.3. The molecule has 2 aromatic rings.